The highest BCUT2D eigenvalue weighted by Gasteiger charge is 2.69. The van der Waals surface area contributed by atoms with Crippen LogP contribution in [0.4, 0.5) is 0 Å². The molecule has 51 heavy (non-hydrogen) atoms. The van der Waals surface area contributed by atoms with E-state index < -0.39 is 31.4 Å². The fourth-order valence-electron chi connectivity index (χ4n) is 8.58. The Bertz CT molecular complexity index is 1600. The van der Waals surface area contributed by atoms with Gasteiger partial charge in [-0.2, -0.15) is 0 Å². The van der Waals surface area contributed by atoms with Crippen molar-refractivity contribution in [2.45, 2.75) is 122 Å². The van der Waals surface area contributed by atoms with Gasteiger partial charge in [0.05, 0.1) is 23.9 Å². The van der Waals surface area contributed by atoms with Gasteiger partial charge < -0.3 is 28.1 Å². The Kier molecular flexibility index (Phi) is 10.6. The fourth-order valence-corrected chi connectivity index (χ4v) is 13.2. The summed E-state index contributed by atoms with van der Waals surface area (Å²) in [4.78, 5) is 13.6. The van der Waals surface area contributed by atoms with Crippen molar-refractivity contribution in [2.75, 3.05) is 6.61 Å². The third-order valence-corrected chi connectivity index (χ3v) is 16.4. The lowest BCUT2D eigenvalue weighted by molar-refractivity contribution is -0.343. The van der Waals surface area contributed by atoms with E-state index in [1.54, 1.807) is 12.1 Å². The van der Waals surface area contributed by atoms with Gasteiger partial charge in [-0.05, 0) is 54.2 Å². The SMILES string of the molecule is C=CC[C@H]1OC(C)(C)O[C@H]2[C@@H]1O[C@]1(C[C@@H](OC(=O)c3ccccc3)[C@H](C)[C@H](CCO[Si](c3ccccc3)(c3ccccc3)C(C)(C)C)O1)C2(C)C. The summed E-state index contributed by atoms with van der Waals surface area (Å²) in [6.45, 7) is 21.6. The van der Waals surface area contributed by atoms with Gasteiger partial charge in [0.2, 0.25) is 0 Å². The second kappa shape index (κ2) is 14.4. The predicted molar refractivity (Wildman–Crippen MR) is 203 cm³/mol. The van der Waals surface area contributed by atoms with Crippen molar-refractivity contribution in [3.05, 3.63) is 109 Å². The molecule has 3 saturated heterocycles. The first-order valence-corrected chi connectivity index (χ1v) is 20.4. The van der Waals surface area contributed by atoms with E-state index in [1.165, 1.54) is 10.4 Å². The summed E-state index contributed by atoms with van der Waals surface area (Å²) in [6, 6.07) is 30.5. The van der Waals surface area contributed by atoms with E-state index in [0.717, 1.165) is 0 Å². The van der Waals surface area contributed by atoms with Gasteiger partial charge in [0.1, 0.15) is 12.2 Å². The zero-order valence-corrected chi connectivity index (χ0v) is 32.6. The van der Waals surface area contributed by atoms with Gasteiger partial charge in [-0.15, -0.1) is 6.58 Å². The van der Waals surface area contributed by atoms with E-state index in [-0.39, 0.29) is 41.3 Å². The van der Waals surface area contributed by atoms with Crippen LogP contribution in [0.25, 0.3) is 0 Å². The van der Waals surface area contributed by atoms with Crippen molar-refractivity contribution in [3.63, 3.8) is 0 Å². The molecular weight excluding hydrogens is 657 g/mol. The number of hydrogen-bond donors (Lipinski definition) is 0. The molecule has 0 aromatic heterocycles. The third-order valence-electron chi connectivity index (χ3n) is 11.3. The van der Waals surface area contributed by atoms with E-state index >= 15 is 0 Å². The fraction of sp³-hybridized carbons (Fsp3) is 0.512. The summed E-state index contributed by atoms with van der Waals surface area (Å²) in [5.41, 5.74) is -0.103. The Balaban J connectivity index is 1.34. The summed E-state index contributed by atoms with van der Waals surface area (Å²) >= 11 is 0. The van der Waals surface area contributed by atoms with Crippen molar-refractivity contribution < 1.29 is 32.9 Å². The molecule has 0 aliphatic carbocycles. The number of carbonyl (C=O) groups is 1. The van der Waals surface area contributed by atoms with Crippen LogP contribution in [0.15, 0.2) is 104 Å². The molecule has 3 fully saturated rings. The molecule has 7 nitrogen and oxygen atoms in total. The van der Waals surface area contributed by atoms with E-state index in [0.29, 0.717) is 31.4 Å². The summed E-state index contributed by atoms with van der Waals surface area (Å²) in [7, 11) is -2.79. The first kappa shape index (κ1) is 37.6. The molecular formula is C43H56O7Si. The zero-order chi connectivity index (χ0) is 36.7. The number of rotatable bonds is 10. The Morgan fingerprint density at radius 3 is 1.96 bits per heavy atom. The van der Waals surface area contributed by atoms with Crippen LogP contribution >= 0.6 is 0 Å². The summed E-state index contributed by atoms with van der Waals surface area (Å²) in [5, 5.41) is 2.29. The Morgan fingerprint density at radius 2 is 1.41 bits per heavy atom. The Morgan fingerprint density at radius 1 is 0.843 bits per heavy atom. The zero-order valence-electron chi connectivity index (χ0n) is 31.6. The molecule has 1 spiro atoms. The lowest BCUT2D eigenvalue weighted by Crippen LogP contribution is -2.66. The molecule has 0 radical (unpaired) electrons. The molecule has 7 atom stereocenters. The molecule has 3 aliphatic heterocycles. The van der Waals surface area contributed by atoms with Crippen LogP contribution in [-0.2, 0) is 28.1 Å². The van der Waals surface area contributed by atoms with Gasteiger partial charge in [-0.3, -0.25) is 0 Å². The van der Waals surface area contributed by atoms with Crippen LogP contribution in [0.5, 0.6) is 0 Å². The molecule has 0 amide bonds. The molecule has 0 unspecified atom stereocenters. The van der Waals surface area contributed by atoms with Gasteiger partial charge in [-0.25, -0.2) is 4.79 Å². The summed E-state index contributed by atoms with van der Waals surface area (Å²) < 4.78 is 41.1. The monoisotopic (exact) mass is 712 g/mol. The van der Waals surface area contributed by atoms with Crippen LogP contribution in [0.1, 0.15) is 85.0 Å². The number of ether oxygens (including phenoxy) is 5. The van der Waals surface area contributed by atoms with Gasteiger partial charge in [0.15, 0.2) is 11.6 Å². The van der Waals surface area contributed by atoms with Crippen LogP contribution in [-0.4, -0.2) is 63.0 Å². The Labute approximate surface area is 305 Å². The molecule has 0 saturated carbocycles. The Hall–Kier alpha value is -3.11. The number of fused-ring (bicyclic) bond motifs is 1. The normalized spacial score (nSPS) is 30.0. The minimum Gasteiger partial charge on any atom is -0.458 e. The quantitative estimate of drug-likeness (QED) is 0.121. The maximum absolute atomic E-state index is 13.6. The molecule has 6 rings (SSSR count). The van der Waals surface area contributed by atoms with Crippen molar-refractivity contribution in [3.8, 4) is 0 Å². The topological polar surface area (TPSA) is 72.5 Å². The van der Waals surface area contributed by atoms with E-state index in [2.05, 4.69) is 109 Å². The highest BCUT2D eigenvalue weighted by atomic mass is 28.4. The van der Waals surface area contributed by atoms with Crippen LogP contribution in [0.3, 0.4) is 0 Å². The third kappa shape index (κ3) is 7.03. The van der Waals surface area contributed by atoms with Gasteiger partial charge in [0.25, 0.3) is 8.32 Å². The second-order valence-corrected chi connectivity index (χ2v) is 20.8. The minimum absolute atomic E-state index is 0.134. The highest BCUT2D eigenvalue weighted by Crippen LogP contribution is 2.58. The molecule has 0 bridgehead atoms. The number of hydrogen-bond acceptors (Lipinski definition) is 7. The lowest BCUT2D eigenvalue weighted by atomic mass is 9.72. The predicted octanol–water partition coefficient (Wildman–Crippen LogP) is 7.82. The molecule has 3 aliphatic rings. The second-order valence-electron chi connectivity index (χ2n) is 16.5. The average Bonchev–Trinajstić information content (AvgIpc) is 3.30. The molecule has 3 aromatic rings. The van der Waals surface area contributed by atoms with Gasteiger partial charge in [-0.1, -0.05) is 126 Å². The highest BCUT2D eigenvalue weighted by molar-refractivity contribution is 6.99. The van der Waals surface area contributed by atoms with Crippen LogP contribution in [0, 0.1) is 11.3 Å². The number of benzene rings is 3. The van der Waals surface area contributed by atoms with E-state index in [9.17, 15) is 4.79 Å². The summed E-state index contributed by atoms with van der Waals surface area (Å²) in [6.07, 6.45) is 1.64. The van der Waals surface area contributed by atoms with Gasteiger partial charge in [0, 0.05) is 24.4 Å². The average molecular weight is 713 g/mol. The van der Waals surface area contributed by atoms with Crippen LogP contribution < -0.4 is 10.4 Å². The molecule has 274 valence electrons. The maximum Gasteiger partial charge on any atom is 0.338 e. The number of carbonyl (C=O) groups excluding carboxylic acids is 1. The van der Waals surface area contributed by atoms with Crippen LogP contribution in [0.2, 0.25) is 5.04 Å². The standard InChI is InChI=1S/C43H56O7Si/c1-10-20-35-37-38(50-42(8,9)47-35)41(6,7)43(49-37)29-36(46-39(44)31-21-14-11-15-22-31)30(2)34(48-43)27-28-45-51(40(3,4)5,32-23-16-12-17-24-32)33-25-18-13-19-26-33/h10-19,21-26,30,34-38H,1,20,27-29H2,2-9H3/t30-,34+,35-,36-,37-,38+,43-/m1/s1. The number of esters is 1. The maximum atomic E-state index is 13.6. The van der Waals surface area contributed by atoms with Crippen molar-refractivity contribution >= 4 is 24.7 Å². The first-order chi connectivity index (χ1) is 24.1. The smallest absolute Gasteiger partial charge is 0.338 e. The van der Waals surface area contributed by atoms with E-state index in [4.69, 9.17) is 28.1 Å². The molecule has 0 N–H and O–H groups in total. The first-order valence-electron chi connectivity index (χ1n) is 18.5. The largest absolute Gasteiger partial charge is 0.458 e. The molecule has 3 heterocycles. The van der Waals surface area contributed by atoms with Crippen molar-refractivity contribution in [1.82, 2.24) is 0 Å². The lowest BCUT2D eigenvalue weighted by Gasteiger charge is -2.51. The van der Waals surface area contributed by atoms with Gasteiger partial charge >= 0.3 is 5.97 Å². The minimum atomic E-state index is -2.79. The molecule has 3 aromatic carbocycles. The van der Waals surface area contributed by atoms with E-state index in [1.807, 2.05) is 38.1 Å². The molecule has 8 heteroatoms. The van der Waals surface area contributed by atoms with Crippen molar-refractivity contribution in [2.24, 2.45) is 11.3 Å². The van der Waals surface area contributed by atoms with Crippen molar-refractivity contribution in [1.29, 1.82) is 0 Å². The summed E-state index contributed by atoms with van der Waals surface area (Å²) in [5.74, 6) is -2.41.